The topological polar surface area (TPSA) is 45.0 Å². The maximum Gasteiger partial charge on any atom is 0.119 e. The van der Waals surface area contributed by atoms with Crippen LogP contribution in [-0.4, -0.2) is 20.2 Å². The Bertz CT molecular complexity index is 357. The fourth-order valence-corrected chi connectivity index (χ4v) is 1.42. The van der Waals surface area contributed by atoms with E-state index in [-0.39, 0.29) is 5.92 Å². The van der Waals surface area contributed by atoms with Crippen molar-refractivity contribution in [2.75, 3.05) is 20.2 Å². The van der Waals surface area contributed by atoms with Crippen LogP contribution in [0.4, 0.5) is 0 Å². The first-order valence-corrected chi connectivity index (χ1v) is 5.49. The lowest BCUT2D eigenvalue weighted by molar-refractivity contribution is 0.414. The largest absolute Gasteiger partial charge is 0.497 e. The van der Waals surface area contributed by atoms with E-state index >= 15 is 0 Å². The van der Waals surface area contributed by atoms with E-state index < -0.39 is 0 Å². The van der Waals surface area contributed by atoms with Crippen molar-refractivity contribution in [3.8, 4) is 11.8 Å². The Labute approximate surface area is 97.0 Å². The summed E-state index contributed by atoms with van der Waals surface area (Å²) in [7, 11) is 1.67. The zero-order chi connectivity index (χ0) is 11.8. The average molecular weight is 218 g/mol. The van der Waals surface area contributed by atoms with Gasteiger partial charge in [0.15, 0.2) is 0 Å². The monoisotopic (exact) mass is 218 g/mol. The normalized spacial score (nSPS) is 11.8. The number of nitrogens with zero attached hydrogens (tertiary/aromatic N) is 1. The minimum atomic E-state index is 0.0744. The summed E-state index contributed by atoms with van der Waals surface area (Å²) < 4.78 is 5.15. The van der Waals surface area contributed by atoms with Gasteiger partial charge in [0, 0.05) is 6.54 Å². The molecule has 0 aromatic heterocycles. The Balaban J connectivity index is 2.29. The summed E-state index contributed by atoms with van der Waals surface area (Å²) in [5, 5.41) is 11.9. The molecule has 1 aromatic rings. The van der Waals surface area contributed by atoms with E-state index in [0.717, 1.165) is 25.3 Å². The van der Waals surface area contributed by atoms with Gasteiger partial charge in [0.1, 0.15) is 5.75 Å². The zero-order valence-electron chi connectivity index (χ0n) is 9.86. The fraction of sp³-hybridized carbons (Fsp3) is 0.462. The summed E-state index contributed by atoms with van der Waals surface area (Å²) >= 11 is 0. The van der Waals surface area contributed by atoms with Gasteiger partial charge >= 0.3 is 0 Å². The number of nitrogens with one attached hydrogen (secondary N) is 1. The van der Waals surface area contributed by atoms with E-state index in [4.69, 9.17) is 10.00 Å². The summed E-state index contributed by atoms with van der Waals surface area (Å²) in [5.74, 6) is 0.966. The molecule has 0 aliphatic heterocycles. The highest BCUT2D eigenvalue weighted by Crippen LogP contribution is 2.12. The first-order valence-electron chi connectivity index (χ1n) is 5.49. The van der Waals surface area contributed by atoms with Crippen LogP contribution in [0.15, 0.2) is 24.3 Å². The molecule has 0 saturated heterocycles. The number of methoxy groups -OCH3 is 1. The summed E-state index contributed by atoms with van der Waals surface area (Å²) in [5.41, 5.74) is 1.25. The fourth-order valence-electron chi connectivity index (χ4n) is 1.42. The molecule has 3 heteroatoms. The Hall–Kier alpha value is -1.53. The van der Waals surface area contributed by atoms with Crippen LogP contribution in [0.2, 0.25) is 0 Å². The van der Waals surface area contributed by atoms with E-state index in [1.165, 1.54) is 5.56 Å². The van der Waals surface area contributed by atoms with Crippen LogP contribution in [0.5, 0.6) is 5.75 Å². The summed E-state index contributed by atoms with van der Waals surface area (Å²) in [6.45, 7) is 3.55. The molecule has 3 nitrogen and oxygen atoms in total. The number of hydrogen-bond donors (Lipinski definition) is 1. The number of ether oxygens (including phenoxy) is 1. The highest BCUT2D eigenvalue weighted by molar-refractivity contribution is 5.28. The van der Waals surface area contributed by atoms with Gasteiger partial charge in [-0.3, -0.25) is 0 Å². The van der Waals surface area contributed by atoms with Crippen molar-refractivity contribution >= 4 is 0 Å². The third kappa shape index (κ3) is 4.33. The van der Waals surface area contributed by atoms with E-state index in [1.54, 1.807) is 7.11 Å². The van der Waals surface area contributed by atoms with Gasteiger partial charge < -0.3 is 10.1 Å². The van der Waals surface area contributed by atoms with Crippen molar-refractivity contribution < 1.29 is 4.74 Å². The molecule has 1 unspecified atom stereocenters. The smallest absolute Gasteiger partial charge is 0.119 e. The number of hydrogen-bond acceptors (Lipinski definition) is 3. The van der Waals surface area contributed by atoms with Crippen LogP contribution in [0.25, 0.3) is 0 Å². The van der Waals surface area contributed by atoms with E-state index in [1.807, 2.05) is 25.1 Å². The van der Waals surface area contributed by atoms with Crippen molar-refractivity contribution in [3.05, 3.63) is 29.8 Å². The molecule has 0 saturated carbocycles. The van der Waals surface area contributed by atoms with Crippen molar-refractivity contribution in [3.63, 3.8) is 0 Å². The lowest BCUT2D eigenvalue weighted by Crippen LogP contribution is -2.22. The Morgan fingerprint density at radius 2 is 2.31 bits per heavy atom. The highest BCUT2D eigenvalue weighted by atomic mass is 16.5. The molecule has 16 heavy (non-hydrogen) atoms. The molecule has 0 heterocycles. The lowest BCUT2D eigenvalue weighted by atomic mass is 10.1. The molecule has 0 spiro atoms. The quantitative estimate of drug-likeness (QED) is 0.743. The van der Waals surface area contributed by atoms with Gasteiger partial charge in [-0.15, -0.1) is 0 Å². The van der Waals surface area contributed by atoms with E-state index in [9.17, 15) is 0 Å². The van der Waals surface area contributed by atoms with Gasteiger partial charge in [-0.25, -0.2) is 0 Å². The minimum Gasteiger partial charge on any atom is -0.497 e. The molecular weight excluding hydrogens is 200 g/mol. The summed E-state index contributed by atoms with van der Waals surface area (Å²) in [6.07, 6.45) is 0.954. The predicted molar refractivity (Wildman–Crippen MR) is 64.3 cm³/mol. The standard InChI is InChI=1S/C13H18N2O/c1-11(9-14)10-15-7-6-12-4-3-5-13(8-12)16-2/h3-5,8,11,15H,6-7,10H2,1-2H3. The van der Waals surface area contributed by atoms with Crippen molar-refractivity contribution in [2.24, 2.45) is 5.92 Å². The van der Waals surface area contributed by atoms with E-state index in [2.05, 4.69) is 17.5 Å². The maximum absolute atomic E-state index is 8.61. The molecule has 0 fully saturated rings. The third-order valence-corrected chi connectivity index (χ3v) is 2.40. The Morgan fingerprint density at radius 3 is 3.00 bits per heavy atom. The Morgan fingerprint density at radius 1 is 1.50 bits per heavy atom. The van der Waals surface area contributed by atoms with Crippen molar-refractivity contribution in [1.29, 1.82) is 5.26 Å². The molecule has 0 bridgehead atoms. The average Bonchev–Trinajstić information content (AvgIpc) is 2.34. The van der Waals surface area contributed by atoms with Crippen LogP contribution in [-0.2, 0) is 6.42 Å². The van der Waals surface area contributed by atoms with Crippen molar-refractivity contribution in [1.82, 2.24) is 5.32 Å². The predicted octanol–water partition coefficient (Wildman–Crippen LogP) is 1.99. The van der Waals surface area contributed by atoms with Gasteiger partial charge in [-0.05, 0) is 37.6 Å². The summed E-state index contributed by atoms with van der Waals surface area (Å²) in [6, 6.07) is 10.2. The molecule has 1 aromatic carbocycles. The maximum atomic E-state index is 8.61. The second-order valence-electron chi connectivity index (χ2n) is 3.84. The highest BCUT2D eigenvalue weighted by Gasteiger charge is 1.99. The number of rotatable bonds is 6. The minimum absolute atomic E-state index is 0.0744. The van der Waals surface area contributed by atoms with Gasteiger partial charge in [-0.1, -0.05) is 12.1 Å². The molecule has 0 aliphatic rings. The second-order valence-corrected chi connectivity index (χ2v) is 3.84. The zero-order valence-corrected chi connectivity index (χ0v) is 9.86. The van der Waals surface area contributed by atoms with Crippen LogP contribution in [0.1, 0.15) is 12.5 Å². The Kier molecular flexibility index (Phi) is 5.38. The van der Waals surface area contributed by atoms with Gasteiger partial charge in [-0.2, -0.15) is 5.26 Å². The first-order chi connectivity index (χ1) is 7.76. The molecular formula is C13H18N2O. The van der Waals surface area contributed by atoms with Gasteiger partial charge in [0.25, 0.3) is 0 Å². The second kappa shape index (κ2) is 6.86. The lowest BCUT2D eigenvalue weighted by Gasteiger charge is -2.07. The number of nitriles is 1. The molecule has 0 aliphatic carbocycles. The molecule has 0 radical (unpaired) electrons. The molecule has 1 N–H and O–H groups in total. The van der Waals surface area contributed by atoms with Gasteiger partial charge in [0.05, 0.1) is 19.1 Å². The number of benzene rings is 1. The van der Waals surface area contributed by atoms with Crippen LogP contribution < -0.4 is 10.1 Å². The molecule has 1 atom stereocenters. The molecule has 0 amide bonds. The van der Waals surface area contributed by atoms with Crippen LogP contribution in [0, 0.1) is 17.2 Å². The van der Waals surface area contributed by atoms with Crippen molar-refractivity contribution in [2.45, 2.75) is 13.3 Å². The first kappa shape index (κ1) is 12.5. The van der Waals surface area contributed by atoms with Crippen LogP contribution in [0.3, 0.4) is 0 Å². The molecule has 86 valence electrons. The van der Waals surface area contributed by atoms with E-state index in [0.29, 0.717) is 0 Å². The van der Waals surface area contributed by atoms with Gasteiger partial charge in [0.2, 0.25) is 0 Å². The van der Waals surface area contributed by atoms with Crippen LogP contribution >= 0.6 is 0 Å². The molecule has 1 rings (SSSR count). The summed E-state index contributed by atoms with van der Waals surface area (Å²) in [4.78, 5) is 0. The SMILES string of the molecule is COc1cccc(CCNCC(C)C#N)c1. The third-order valence-electron chi connectivity index (χ3n) is 2.40.